The third kappa shape index (κ3) is 3.64. The molecular weight excluding hydrogens is 438 g/mol. The van der Waals surface area contributed by atoms with E-state index in [1.807, 2.05) is 0 Å². The topological polar surface area (TPSA) is 0 Å². The predicted molar refractivity (Wildman–Crippen MR) is 116 cm³/mol. The first-order chi connectivity index (χ1) is 11.6. The Morgan fingerprint density at radius 3 is 2.35 bits per heavy atom. The van der Waals surface area contributed by atoms with E-state index in [4.69, 9.17) is 0 Å². The summed E-state index contributed by atoms with van der Waals surface area (Å²) in [6.07, 6.45) is 9.30. The summed E-state index contributed by atoms with van der Waals surface area (Å²) in [5, 5.41) is 0. The largest absolute Gasteiger partial charge is 0.147 e. The summed E-state index contributed by atoms with van der Waals surface area (Å²) in [6, 6.07) is 11.7. The maximum absolute atomic E-state index is 2.41. The number of allylic oxidation sites excluding steroid dienone is 4. The minimum Gasteiger partial charge on any atom is -0.147 e. The summed E-state index contributed by atoms with van der Waals surface area (Å²) >= 11 is -1.93. The summed E-state index contributed by atoms with van der Waals surface area (Å²) in [4.78, 5) is 0. The zero-order valence-electron chi connectivity index (χ0n) is 15.8. The van der Waals surface area contributed by atoms with E-state index in [-0.39, 0.29) is 24.8 Å². The van der Waals surface area contributed by atoms with Crippen molar-refractivity contribution in [1.29, 1.82) is 0 Å². The molecule has 0 bridgehead atoms. The summed E-state index contributed by atoms with van der Waals surface area (Å²) in [7, 11) is 0. The van der Waals surface area contributed by atoms with E-state index in [0.29, 0.717) is 0 Å². The average molecular weight is 465 g/mol. The molecule has 0 aromatic heterocycles. The second-order valence-corrected chi connectivity index (χ2v) is 14.4. The van der Waals surface area contributed by atoms with Crippen molar-refractivity contribution in [2.45, 2.75) is 40.5 Å². The Morgan fingerprint density at radius 2 is 1.69 bits per heavy atom. The number of benzene rings is 2. The molecule has 3 heteroatoms. The molecule has 136 valence electrons. The van der Waals surface area contributed by atoms with Gasteiger partial charge < -0.3 is 0 Å². The van der Waals surface area contributed by atoms with Crippen molar-refractivity contribution < 1.29 is 21.3 Å². The van der Waals surface area contributed by atoms with Crippen LogP contribution in [0.15, 0.2) is 51.8 Å². The van der Waals surface area contributed by atoms with Crippen LogP contribution in [0, 0.1) is 13.8 Å². The van der Waals surface area contributed by atoms with E-state index in [1.165, 1.54) is 34.2 Å². The Labute approximate surface area is 177 Å². The first-order valence-corrected chi connectivity index (χ1v) is 12.5. The van der Waals surface area contributed by atoms with Crippen molar-refractivity contribution in [3.8, 4) is 11.1 Å². The minimum absolute atomic E-state index is 0. The van der Waals surface area contributed by atoms with Crippen LogP contribution in [-0.4, -0.2) is 3.21 Å². The molecule has 0 heterocycles. The third-order valence-electron chi connectivity index (χ3n) is 5.28. The summed E-state index contributed by atoms with van der Waals surface area (Å²) in [6.45, 7) is 9.28. The first kappa shape index (κ1) is 21.6. The smallest absolute Gasteiger partial charge is 0.147 e. The molecule has 0 radical (unpaired) electrons. The van der Waals surface area contributed by atoms with Crippen molar-refractivity contribution >= 4 is 31.3 Å². The first-order valence-electron chi connectivity index (χ1n) is 8.82. The number of rotatable bonds is 2. The van der Waals surface area contributed by atoms with Gasteiger partial charge in [-0.05, 0) is 0 Å². The summed E-state index contributed by atoms with van der Waals surface area (Å²) < 4.78 is 5.18. The van der Waals surface area contributed by atoms with Crippen LogP contribution < -0.4 is 3.27 Å². The molecule has 0 N–H and O–H groups in total. The quantitative estimate of drug-likeness (QED) is 0.435. The fourth-order valence-corrected chi connectivity index (χ4v) is 11.7. The van der Waals surface area contributed by atoms with Crippen LogP contribution in [0.4, 0.5) is 0 Å². The van der Waals surface area contributed by atoms with Crippen molar-refractivity contribution in [3.63, 3.8) is 0 Å². The molecule has 2 aliphatic carbocycles. The molecule has 0 saturated heterocycles. The molecule has 0 amide bonds. The second-order valence-electron chi connectivity index (χ2n) is 7.32. The van der Waals surface area contributed by atoms with Gasteiger partial charge in [-0.25, -0.2) is 0 Å². The van der Waals surface area contributed by atoms with Gasteiger partial charge in [0.1, 0.15) is 0 Å². The Kier molecular flexibility index (Phi) is 7.05. The molecule has 2 aromatic carbocycles. The number of hydrogen-bond donors (Lipinski definition) is 0. The van der Waals surface area contributed by atoms with E-state index in [0.717, 1.165) is 6.42 Å². The van der Waals surface area contributed by atoms with Gasteiger partial charge in [0.25, 0.3) is 0 Å². The Bertz CT molecular complexity index is 945. The molecular formula is C23H26Cl2Zr. The van der Waals surface area contributed by atoms with Gasteiger partial charge in [-0.1, -0.05) is 0 Å². The Balaban J connectivity index is 0.00000121. The molecule has 0 atom stereocenters. The van der Waals surface area contributed by atoms with Crippen LogP contribution in [0.25, 0.3) is 11.1 Å². The van der Waals surface area contributed by atoms with Crippen LogP contribution in [0.3, 0.4) is 0 Å². The van der Waals surface area contributed by atoms with E-state index in [9.17, 15) is 0 Å². The normalized spacial score (nSPS) is 13.3. The van der Waals surface area contributed by atoms with Crippen molar-refractivity contribution in [1.82, 2.24) is 0 Å². The molecule has 0 spiro atoms. The number of hydrogen-bond acceptors (Lipinski definition) is 0. The van der Waals surface area contributed by atoms with Gasteiger partial charge in [0, 0.05) is 0 Å². The molecule has 4 rings (SSSR count). The zero-order valence-corrected chi connectivity index (χ0v) is 19.9. The van der Waals surface area contributed by atoms with Crippen molar-refractivity contribution in [2.24, 2.45) is 0 Å². The molecule has 2 aromatic rings. The van der Waals surface area contributed by atoms with E-state index >= 15 is 0 Å². The molecule has 26 heavy (non-hydrogen) atoms. The average Bonchev–Trinajstić information content (AvgIpc) is 3.16. The predicted octanol–water partition coefficient (Wildman–Crippen LogP) is 6.02. The van der Waals surface area contributed by atoms with Gasteiger partial charge in [-0.15, -0.1) is 24.8 Å². The second kappa shape index (κ2) is 8.51. The molecule has 2 aliphatic rings. The number of fused-ring (bicyclic) bond motifs is 3. The van der Waals surface area contributed by atoms with E-state index in [2.05, 4.69) is 76.3 Å². The summed E-state index contributed by atoms with van der Waals surface area (Å²) in [5.74, 6) is 0. The maximum atomic E-state index is 2.41. The van der Waals surface area contributed by atoms with E-state index in [1.54, 1.807) is 15.3 Å². The maximum Gasteiger partial charge on any atom is -0.147 e. The number of aryl methyl sites for hydroxylation is 2. The molecule has 0 saturated carbocycles. The van der Waals surface area contributed by atoms with Gasteiger partial charge in [-0.3, -0.25) is 0 Å². The standard InChI is InChI=1S/C15H13.C5H5.C3H6.2ClH.Zr/c1-10-3-5-14-12(7-10)9-13-8-11(2)4-6-15(13)14;1-2-4-5-3-1;1-3-2;;;/h3-7H,9H2,1-2H3;1-3H,4H2;1-2H3;2*1H;. The van der Waals surface area contributed by atoms with Gasteiger partial charge in [-0.2, -0.15) is 0 Å². The molecule has 0 fully saturated rings. The van der Waals surface area contributed by atoms with Crippen LogP contribution in [0.5, 0.6) is 0 Å². The fraction of sp³-hybridized carbons (Fsp3) is 0.261. The van der Waals surface area contributed by atoms with Gasteiger partial charge in [0.05, 0.1) is 0 Å². The third-order valence-corrected chi connectivity index (χ3v) is 13.2. The molecule has 0 unspecified atom stereocenters. The van der Waals surface area contributed by atoms with Crippen molar-refractivity contribution in [3.05, 3.63) is 74.1 Å². The van der Waals surface area contributed by atoms with Crippen molar-refractivity contribution in [2.75, 3.05) is 0 Å². The van der Waals surface area contributed by atoms with Crippen LogP contribution >= 0.6 is 24.8 Å². The Hall–Kier alpha value is -0.747. The van der Waals surface area contributed by atoms with E-state index < -0.39 is 21.3 Å². The van der Waals surface area contributed by atoms with Gasteiger partial charge >= 0.3 is 154 Å². The Morgan fingerprint density at radius 1 is 0.962 bits per heavy atom. The van der Waals surface area contributed by atoms with Crippen LogP contribution in [0.1, 0.15) is 42.5 Å². The molecule has 0 nitrogen and oxygen atoms in total. The van der Waals surface area contributed by atoms with Gasteiger partial charge in [0.15, 0.2) is 0 Å². The minimum atomic E-state index is -1.93. The van der Waals surface area contributed by atoms with Crippen LogP contribution in [0.2, 0.25) is 0 Å². The van der Waals surface area contributed by atoms with Crippen LogP contribution in [-0.2, 0) is 27.7 Å². The SMILES string of the molecule is C[C](C)=[Zr]([C]1=CC=CC1)[c]1c(C)ccc2c1Cc1cc(C)ccc1-2.Cl.Cl. The monoisotopic (exact) mass is 462 g/mol. The zero-order chi connectivity index (χ0) is 16.8. The number of halogens is 2. The molecule has 0 aliphatic heterocycles. The summed E-state index contributed by atoms with van der Waals surface area (Å²) in [5.41, 5.74) is 9.01. The van der Waals surface area contributed by atoms with Gasteiger partial charge in [0.2, 0.25) is 0 Å². The fourth-order valence-electron chi connectivity index (χ4n) is 4.24.